The van der Waals surface area contributed by atoms with Crippen LogP contribution in [0, 0.1) is 0 Å². The Morgan fingerprint density at radius 3 is 0.735 bits per heavy atom. The third-order valence-electron chi connectivity index (χ3n) is 8.13. The molecular weight excluding hydrogens is 683 g/mol. The van der Waals surface area contributed by atoms with Gasteiger partial charge >= 0.3 is 16.5 Å². The molecule has 0 fully saturated rings. The first-order valence-electron chi connectivity index (χ1n) is 14.0. The molecule has 7 aromatic rings. The largest absolute Gasteiger partial charge is 2.00 e. The van der Waals surface area contributed by atoms with Crippen LogP contribution in [-0.4, -0.2) is 70.8 Å². The average molecular weight is 699 g/mol. The Kier molecular flexibility index (Phi) is 6.07. The van der Waals surface area contributed by atoms with Gasteiger partial charge in [0.1, 0.15) is 46.0 Å². The molecule has 0 amide bonds. The number of phenols is 8. The second kappa shape index (κ2) is 10.1. The van der Waals surface area contributed by atoms with E-state index in [0.29, 0.717) is 0 Å². The van der Waals surface area contributed by atoms with Crippen molar-refractivity contribution in [1.82, 2.24) is 39.9 Å². The van der Waals surface area contributed by atoms with Crippen molar-refractivity contribution in [2.24, 2.45) is 0 Å². The van der Waals surface area contributed by atoms with E-state index in [1.165, 1.54) is 48.5 Å². The minimum absolute atomic E-state index is 0. The van der Waals surface area contributed by atoms with Crippen LogP contribution in [0.2, 0.25) is 0 Å². The van der Waals surface area contributed by atoms with Gasteiger partial charge in [0, 0.05) is 44.1 Å². The van der Waals surface area contributed by atoms with Crippen LogP contribution in [0.3, 0.4) is 0 Å². The number of hydrogen-bond donors (Lipinski definition) is 8. The summed E-state index contributed by atoms with van der Waals surface area (Å²) in [6.45, 7) is 0. The van der Waals surface area contributed by atoms with Crippen molar-refractivity contribution in [1.29, 1.82) is 0 Å². The number of benzene rings is 4. The maximum Gasteiger partial charge on any atom is 2.00 e. The molecule has 17 heteroatoms. The van der Waals surface area contributed by atoms with Gasteiger partial charge in [0.25, 0.3) is 0 Å². The van der Waals surface area contributed by atoms with E-state index in [9.17, 15) is 40.9 Å². The summed E-state index contributed by atoms with van der Waals surface area (Å²) in [5.41, 5.74) is -0.996. The predicted molar refractivity (Wildman–Crippen MR) is 167 cm³/mol. The maximum atomic E-state index is 10.9. The van der Waals surface area contributed by atoms with Crippen LogP contribution in [-0.2, 0) is 16.5 Å². The molecule has 8 N–H and O–H groups in total. The van der Waals surface area contributed by atoms with Gasteiger partial charge in [-0.1, -0.05) is 0 Å². The molecule has 0 unspecified atom stereocenters. The fourth-order valence-electron chi connectivity index (χ4n) is 6.03. The van der Waals surface area contributed by atoms with Gasteiger partial charge < -0.3 is 70.8 Å². The van der Waals surface area contributed by atoms with Gasteiger partial charge in [-0.3, -0.25) is 0 Å². The summed E-state index contributed by atoms with van der Waals surface area (Å²) in [7, 11) is 0. The van der Waals surface area contributed by atoms with Crippen LogP contribution >= 0.6 is 0 Å². The summed E-state index contributed by atoms with van der Waals surface area (Å²) in [6.07, 6.45) is 0. The topological polar surface area (TPSA) is 267 Å². The van der Waals surface area contributed by atoms with Gasteiger partial charge in [0.05, 0.1) is 45.6 Å². The number of aromatic nitrogens is 8. The second-order valence-corrected chi connectivity index (χ2v) is 10.9. The average Bonchev–Trinajstić information content (AvgIpc) is 3.80. The quantitative estimate of drug-likeness (QED) is 0.0827. The Balaban J connectivity index is 0.00000348. The fraction of sp³-hybridized carbons (Fsp3) is 0. The first-order chi connectivity index (χ1) is 23.1. The van der Waals surface area contributed by atoms with Crippen molar-refractivity contribution < 1.29 is 57.3 Å². The van der Waals surface area contributed by atoms with Gasteiger partial charge in [0.2, 0.25) is 0 Å². The van der Waals surface area contributed by atoms with Crippen LogP contribution in [0.4, 0.5) is 0 Å². The van der Waals surface area contributed by atoms with Gasteiger partial charge in [-0.25, -0.2) is 9.97 Å². The molecule has 0 spiro atoms. The van der Waals surface area contributed by atoms with Crippen molar-refractivity contribution in [3.63, 3.8) is 0 Å². The summed E-state index contributed by atoms with van der Waals surface area (Å²) in [5.74, 6) is -3.53. The molecular formula is C32H16N8NiO8. The van der Waals surface area contributed by atoms with Crippen molar-refractivity contribution in [3.05, 3.63) is 48.5 Å². The molecule has 9 rings (SSSR count). The van der Waals surface area contributed by atoms with E-state index in [0.717, 1.165) is 0 Å². The van der Waals surface area contributed by atoms with E-state index in [2.05, 4.69) is 39.9 Å². The van der Waals surface area contributed by atoms with Gasteiger partial charge in [-0.15, -0.1) is 0 Å². The zero-order valence-electron chi connectivity index (χ0n) is 24.1. The fourth-order valence-corrected chi connectivity index (χ4v) is 6.03. The van der Waals surface area contributed by atoms with Crippen LogP contribution < -0.4 is 9.97 Å². The molecule has 8 bridgehead atoms. The van der Waals surface area contributed by atoms with E-state index in [-0.39, 0.29) is 152 Å². The Hall–Kier alpha value is -6.87. The predicted octanol–water partition coefficient (Wildman–Crippen LogP) is 3.77. The number of fused-ring (bicyclic) bond motifs is 20. The first-order valence-corrected chi connectivity index (χ1v) is 14.0. The van der Waals surface area contributed by atoms with Gasteiger partial charge in [0.15, 0.2) is 0 Å². The Labute approximate surface area is 280 Å². The van der Waals surface area contributed by atoms with Crippen molar-refractivity contribution in [2.75, 3.05) is 0 Å². The molecule has 242 valence electrons. The Morgan fingerprint density at radius 1 is 0.306 bits per heavy atom. The third kappa shape index (κ3) is 4.02. The molecule has 0 aliphatic carbocycles. The molecule has 5 heterocycles. The van der Waals surface area contributed by atoms with E-state index in [4.69, 9.17) is 0 Å². The number of rotatable bonds is 0. The van der Waals surface area contributed by atoms with Crippen molar-refractivity contribution in [2.45, 2.75) is 0 Å². The molecule has 2 aliphatic rings. The summed E-state index contributed by atoms with van der Waals surface area (Å²) < 4.78 is 0. The number of phenolic OH excluding ortho intramolecular Hbond substituents is 8. The minimum atomic E-state index is -0.340. The number of nitrogens with zero attached hydrogens (tertiary/aromatic N) is 8. The molecule has 0 saturated heterocycles. The maximum absolute atomic E-state index is 10.9. The minimum Gasteiger partial charge on any atom is -0.507 e. The van der Waals surface area contributed by atoms with Crippen LogP contribution in [0.1, 0.15) is 0 Å². The molecule has 0 saturated carbocycles. The molecule has 3 aromatic heterocycles. The van der Waals surface area contributed by atoms with Crippen molar-refractivity contribution >= 4 is 44.1 Å². The van der Waals surface area contributed by atoms with Crippen LogP contribution in [0.25, 0.3) is 89.7 Å². The summed E-state index contributed by atoms with van der Waals surface area (Å²) >= 11 is 0. The van der Waals surface area contributed by atoms with Gasteiger partial charge in [-0.05, 0) is 48.5 Å². The summed E-state index contributed by atoms with van der Waals surface area (Å²) in [6, 6.07) is 9.73. The first kappa shape index (κ1) is 29.5. The second-order valence-electron chi connectivity index (χ2n) is 10.9. The third-order valence-corrected chi connectivity index (χ3v) is 8.13. The van der Waals surface area contributed by atoms with E-state index in [1.807, 2.05) is 0 Å². The van der Waals surface area contributed by atoms with Crippen molar-refractivity contribution in [3.8, 4) is 91.5 Å². The standard InChI is InChI=1S/C32H16N8O8.Ni/c41-9-1-2-10(42)18-17(9)25-33-26(18)38-28-21-13(45)5-6-14(46)22(21)30(35-28)40-32-24-16(48)8-7-15(47)23(24)31(36-32)39-29-20-12(44)4-3-11(43)19(20)27(34-29)37-25;/h1-8H,(H8-2,33,34,35,36,37,38,39,40,41,42,43,44,45,46,47,48);/q-2;+2. The zero-order valence-corrected chi connectivity index (χ0v) is 25.1. The molecule has 16 nitrogen and oxygen atoms in total. The molecule has 0 radical (unpaired) electrons. The van der Waals surface area contributed by atoms with Crippen LogP contribution in [0.15, 0.2) is 48.5 Å². The summed E-state index contributed by atoms with van der Waals surface area (Å²) in [4.78, 5) is 35.8. The van der Waals surface area contributed by atoms with Crippen LogP contribution in [0.5, 0.6) is 46.0 Å². The smallest absolute Gasteiger partial charge is 0.507 e. The molecule has 2 aliphatic heterocycles. The van der Waals surface area contributed by atoms with E-state index in [1.54, 1.807) is 0 Å². The number of hydrogen-bond acceptors (Lipinski definition) is 14. The summed E-state index contributed by atoms with van der Waals surface area (Å²) in [5, 5.41) is 87.0. The number of aromatic hydroxyl groups is 8. The van der Waals surface area contributed by atoms with E-state index >= 15 is 0 Å². The normalized spacial score (nSPS) is 11.8. The Morgan fingerprint density at radius 2 is 0.510 bits per heavy atom. The molecule has 0 atom stereocenters. The molecule has 49 heavy (non-hydrogen) atoms. The van der Waals surface area contributed by atoms with Gasteiger partial charge in [-0.2, -0.15) is 0 Å². The molecule has 4 aromatic carbocycles. The van der Waals surface area contributed by atoms with E-state index < -0.39 is 0 Å². The zero-order chi connectivity index (χ0) is 33.2. The SMILES string of the molecule is Oc1ccc(O)c2c1-c1nc-2nc2[n-]c(nc3nc(nc4[n-]c(n1)c1c(O)ccc(O)c41)-c1c(O)ccc(O)c1-3)c1c(O)ccc(O)c21.[Ni+2]. The Bertz CT molecular complexity index is 2430. The monoisotopic (exact) mass is 698 g/mol.